The molecule has 0 aromatic carbocycles. The number of amides is 5. The molecule has 0 spiro atoms. The normalized spacial score (nSPS) is 25.0. The number of hydrogen-bond donors (Lipinski definition) is 4. The maximum Gasteiger partial charge on any atom is 0.315 e. The van der Waals surface area contributed by atoms with Crippen LogP contribution in [0, 0.1) is 35.0 Å². The lowest BCUT2D eigenvalue weighted by atomic mass is 9.81. The number of piperidine rings is 1. The first kappa shape index (κ1) is 39.5. The van der Waals surface area contributed by atoms with Crippen molar-refractivity contribution in [2.75, 3.05) is 19.6 Å². The highest BCUT2D eigenvalue weighted by Crippen LogP contribution is 2.65. The maximum atomic E-state index is 14.5. The van der Waals surface area contributed by atoms with Crippen LogP contribution in [0.3, 0.4) is 0 Å². The summed E-state index contributed by atoms with van der Waals surface area (Å²) in [6.45, 7) is 13.8. The van der Waals surface area contributed by atoms with E-state index < -0.39 is 68.6 Å². The summed E-state index contributed by atoms with van der Waals surface area (Å²) in [7, 11) is -3.68. The van der Waals surface area contributed by atoms with Crippen molar-refractivity contribution in [1.29, 1.82) is 0 Å². The van der Waals surface area contributed by atoms with Gasteiger partial charge in [0, 0.05) is 37.5 Å². The second-order valence-corrected chi connectivity index (χ2v) is 19.2. The first-order valence-corrected chi connectivity index (χ1v) is 20.3. The number of nitrogens with one attached hydrogen (secondary N) is 4. The van der Waals surface area contributed by atoms with Crippen molar-refractivity contribution in [1.82, 2.24) is 30.5 Å². The number of urea groups is 1. The molecular weight excluding hydrogens is 705 g/mol. The molecule has 15 heteroatoms. The third-order valence-corrected chi connectivity index (χ3v) is 14.2. The lowest BCUT2D eigenvalue weighted by Crippen LogP contribution is -2.64. The predicted octanol–water partition coefficient (Wildman–Crippen LogP) is 2.92. The highest BCUT2D eigenvalue weighted by molar-refractivity contribution is 7.89. The van der Waals surface area contributed by atoms with Crippen LogP contribution in [0.2, 0.25) is 0 Å². The van der Waals surface area contributed by atoms with Gasteiger partial charge in [-0.2, -0.15) is 4.31 Å². The van der Waals surface area contributed by atoms with Gasteiger partial charge in [0.2, 0.25) is 27.6 Å². The number of thiophene rings is 1. The van der Waals surface area contributed by atoms with Crippen molar-refractivity contribution >= 4 is 50.9 Å². The second kappa shape index (κ2) is 14.9. The summed E-state index contributed by atoms with van der Waals surface area (Å²) < 4.78 is 28.2. The topological polar surface area (TPSA) is 174 Å². The van der Waals surface area contributed by atoms with Gasteiger partial charge in [0.1, 0.15) is 12.1 Å². The van der Waals surface area contributed by atoms with Gasteiger partial charge in [-0.05, 0) is 53.4 Å². The maximum absolute atomic E-state index is 14.5. The fraction of sp³-hybridized carbons (Fsp3) is 0.649. The smallest absolute Gasteiger partial charge is 0.315 e. The molecule has 4 N–H and O–H groups in total. The highest BCUT2D eigenvalue weighted by atomic mass is 32.2. The van der Waals surface area contributed by atoms with Crippen LogP contribution in [0.1, 0.15) is 84.4 Å². The Balaban J connectivity index is 1.34. The van der Waals surface area contributed by atoms with Crippen molar-refractivity contribution in [2.45, 2.75) is 115 Å². The third-order valence-electron chi connectivity index (χ3n) is 11.3. The number of hydrogen-bond acceptors (Lipinski definition) is 8. The lowest BCUT2D eigenvalue weighted by Gasteiger charge is -2.42. The molecule has 3 fully saturated rings. The molecule has 1 aromatic heterocycles. The van der Waals surface area contributed by atoms with E-state index in [2.05, 4.69) is 33.8 Å². The zero-order valence-corrected chi connectivity index (χ0v) is 32.4. The first-order valence-electron chi connectivity index (χ1n) is 18.0. The minimum Gasteiger partial charge on any atom is -0.346 e. The average Bonchev–Trinajstić information content (AvgIpc) is 3.53. The molecule has 52 heavy (non-hydrogen) atoms. The van der Waals surface area contributed by atoms with Gasteiger partial charge in [-0.15, -0.1) is 30.3 Å². The fourth-order valence-corrected chi connectivity index (χ4v) is 11.3. The van der Waals surface area contributed by atoms with Gasteiger partial charge >= 0.3 is 6.03 Å². The molecule has 1 saturated heterocycles. The summed E-state index contributed by atoms with van der Waals surface area (Å²) >= 11 is 1.40. The summed E-state index contributed by atoms with van der Waals surface area (Å²) in [5.74, 6) is -0.433. The Morgan fingerprint density at radius 2 is 1.83 bits per heavy atom. The summed E-state index contributed by atoms with van der Waals surface area (Å²) in [6, 6.07) is -2.14. The zero-order valence-electron chi connectivity index (χ0n) is 30.8. The molecule has 5 rings (SSSR count). The molecule has 5 atom stereocenters. The van der Waals surface area contributed by atoms with Crippen molar-refractivity contribution in [3.63, 3.8) is 0 Å². The Bertz CT molecular complexity index is 1750. The van der Waals surface area contributed by atoms with Gasteiger partial charge in [0.15, 0.2) is 0 Å². The summed E-state index contributed by atoms with van der Waals surface area (Å²) in [6.07, 6.45) is 10.9. The summed E-state index contributed by atoms with van der Waals surface area (Å²) in [4.78, 5) is 70.7. The van der Waals surface area contributed by atoms with Crippen molar-refractivity contribution in [3.8, 4) is 12.3 Å². The van der Waals surface area contributed by atoms with Crippen molar-refractivity contribution in [2.24, 2.45) is 22.7 Å². The third kappa shape index (κ3) is 7.79. The van der Waals surface area contributed by atoms with Gasteiger partial charge < -0.3 is 26.2 Å². The van der Waals surface area contributed by atoms with Crippen LogP contribution in [0.15, 0.2) is 29.0 Å². The number of fused-ring (bicyclic) bond motifs is 2. The van der Waals surface area contributed by atoms with Gasteiger partial charge in [-0.1, -0.05) is 60.0 Å². The van der Waals surface area contributed by atoms with E-state index in [-0.39, 0.29) is 56.3 Å². The number of terminal acetylenes is 1. The van der Waals surface area contributed by atoms with E-state index in [4.69, 9.17) is 6.42 Å². The SMILES string of the molecule is C#CCCC(NC(=O)[C@@H]1[C@@H]2[C@H](CN1C(=O)[C@@H](NC(=O)NC1(CN3Cc4sccc4S3(=O)=O)CCCCC1)C(C)(C)C)C2(C)C)C(=O)C(=O)NCC=C. The van der Waals surface area contributed by atoms with Crippen LogP contribution >= 0.6 is 11.3 Å². The number of Topliss-reactive ketones (excluding diaryl/α,β-unsaturated/α-hetero) is 1. The molecule has 0 radical (unpaired) electrons. The highest BCUT2D eigenvalue weighted by Gasteiger charge is 2.70. The molecule has 1 aromatic rings. The number of likely N-dealkylation sites (tertiary alicyclic amines) is 1. The number of nitrogens with zero attached hydrogens (tertiary/aromatic N) is 2. The minimum absolute atomic E-state index is 0.0218. The summed E-state index contributed by atoms with van der Waals surface area (Å²) in [5, 5.41) is 13.0. The van der Waals surface area contributed by atoms with Crippen LogP contribution in [0.25, 0.3) is 0 Å². The molecule has 2 aliphatic carbocycles. The van der Waals surface area contributed by atoms with Crippen LogP contribution in [-0.4, -0.2) is 90.5 Å². The predicted molar refractivity (Wildman–Crippen MR) is 197 cm³/mol. The molecular formula is C37H52N6O7S2. The summed E-state index contributed by atoms with van der Waals surface area (Å²) in [5.41, 5.74) is -1.85. The van der Waals surface area contributed by atoms with E-state index in [1.54, 1.807) is 11.4 Å². The molecule has 3 heterocycles. The molecule has 4 aliphatic rings. The zero-order chi connectivity index (χ0) is 38.2. The Morgan fingerprint density at radius 1 is 1.13 bits per heavy atom. The standard InChI is InChI=1S/C37H52N6O7S2/c1-8-10-14-24(29(44)32(46)38-18-9-2)39-31(45)28-27-23(36(27,6)7)20-43(28)33(47)30(35(3,4)5)40-34(48)41-37(16-12-11-13-17-37)22-42-21-25-26(15-19-51-25)52(42,49)50/h1,9,15,19,23-24,27-28,30H,2,10-14,16-18,20-22H2,3-7H3,(H,38,46)(H,39,45)(H2,40,41,48)/t23-,24?,27-,28-,30+/m0/s1. The molecule has 0 bridgehead atoms. The van der Waals surface area contributed by atoms with E-state index in [1.165, 1.54) is 26.6 Å². The van der Waals surface area contributed by atoms with E-state index in [0.29, 0.717) is 17.7 Å². The largest absolute Gasteiger partial charge is 0.346 e. The molecule has 5 amide bonds. The lowest BCUT2D eigenvalue weighted by molar-refractivity contribution is -0.145. The van der Waals surface area contributed by atoms with Crippen LogP contribution in [0.5, 0.6) is 0 Å². The van der Waals surface area contributed by atoms with E-state index in [0.717, 1.165) is 24.1 Å². The van der Waals surface area contributed by atoms with Crippen LogP contribution in [-0.2, 0) is 35.7 Å². The molecule has 1 unspecified atom stereocenters. The van der Waals surface area contributed by atoms with Crippen molar-refractivity contribution < 1.29 is 32.4 Å². The molecule has 284 valence electrons. The van der Waals surface area contributed by atoms with Gasteiger partial charge in [-0.25, -0.2) is 13.2 Å². The number of sulfonamides is 1. The van der Waals surface area contributed by atoms with Crippen LogP contribution in [0.4, 0.5) is 4.79 Å². The number of rotatable bonds is 13. The monoisotopic (exact) mass is 756 g/mol. The van der Waals surface area contributed by atoms with Crippen LogP contribution < -0.4 is 21.3 Å². The molecule has 2 aliphatic heterocycles. The molecule has 2 saturated carbocycles. The Morgan fingerprint density at radius 3 is 2.44 bits per heavy atom. The minimum atomic E-state index is -3.68. The van der Waals surface area contributed by atoms with Gasteiger partial charge in [-0.3, -0.25) is 19.2 Å². The van der Waals surface area contributed by atoms with Crippen molar-refractivity contribution in [3.05, 3.63) is 29.0 Å². The number of ketones is 1. The van der Waals surface area contributed by atoms with Gasteiger partial charge in [0.25, 0.3) is 5.91 Å². The van der Waals surface area contributed by atoms with E-state index in [1.807, 2.05) is 34.6 Å². The Hall–Kier alpha value is -3.74. The Kier molecular flexibility index (Phi) is 11.3. The Labute approximate surface area is 311 Å². The second-order valence-electron chi connectivity index (χ2n) is 16.3. The average molecular weight is 757 g/mol. The quantitative estimate of drug-likeness (QED) is 0.136. The first-order chi connectivity index (χ1) is 24.4. The van der Waals surface area contributed by atoms with Gasteiger partial charge in [0.05, 0.1) is 16.5 Å². The van der Waals surface area contributed by atoms with E-state index >= 15 is 0 Å². The molecule has 13 nitrogen and oxygen atoms in total. The van der Waals surface area contributed by atoms with E-state index in [9.17, 15) is 32.4 Å². The number of carbonyl (C=O) groups excluding carboxylic acids is 5. The fourth-order valence-electron chi connectivity index (χ4n) is 8.29. The number of carbonyl (C=O) groups is 5.